The van der Waals surface area contributed by atoms with Crippen LogP contribution in [-0.2, 0) is 9.59 Å². The first-order valence-corrected chi connectivity index (χ1v) is 8.79. The van der Waals surface area contributed by atoms with E-state index in [1.807, 2.05) is 0 Å². The molecule has 0 radical (unpaired) electrons. The summed E-state index contributed by atoms with van der Waals surface area (Å²) in [4.78, 5) is 37.1. The molecule has 3 rings (SSSR count). The second kappa shape index (κ2) is 7.68. The lowest BCUT2D eigenvalue weighted by Crippen LogP contribution is -2.31. The smallest absolute Gasteiger partial charge is 0.272 e. The molecule has 0 spiro atoms. The predicted molar refractivity (Wildman–Crippen MR) is 98.5 cm³/mol. The first kappa shape index (κ1) is 18.7. The highest BCUT2D eigenvalue weighted by molar-refractivity contribution is 8.04. The number of amides is 2. The molecule has 0 saturated heterocycles. The quantitative estimate of drug-likeness (QED) is 0.464. The van der Waals surface area contributed by atoms with E-state index < -0.39 is 22.6 Å². The van der Waals surface area contributed by atoms with Gasteiger partial charge in [-0.1, -0.05) is 0 Å². The van der Waals surface area contributed by atoms with Crippen LogP contribution in [0.15, 0.2) is 53.4 Å². The minimum Gasteiger partial charge on any atom is -0.396 e. The Labute approximate surface area is 157 Å². The molecule has 0 unspecified atom stereocenters. The molecule has 0 saturated carbocycles. The van der Waals surface area contributed by atoms with Crippen LogP contribution in [0.3, 0.4) is 0 Å². The monoisotopic (exact) mass is 388 g/mol. The summed E-state index contributed by atoms with van der Waals surface area (Å²) in [6, 6.07) is 10.2. The molecular weight excluding hydrogens is 375 g/mol. The van der Waals surface area contributed by atoms with Gasteiger partial charge in [0.2, 0.25) is 0 Å². The van der Waals surface area contributed by atoms with Crippen LogP contribution in [0.25, 0.3) is 5.57 Å². The number of nitro groups is 1. The largest absolute Gasteiger partial charge is 0.396 e. The number of carbonyl (C=O) groups is 2. The number of thioether (sulfide) groups is 1. The fraction of sp³-hybridized carbons (Fsp3) is 0.111. The lowest BCUT2D eigenvalue weighted by molar-refractivity contribution is -0.384. The SMILES string of the molecule is O=C1C(SCCO)=C(c2ccc([N+](=O)[O-])cc2)C(=O)N1c1ccc(F)cc1. The number of imide groups is 1. The van der Waals surface area contributed by atoms with Crippen molar-refractivity contribution in [3.63, 3.8) is 0 Å². The average molecular weight is 388 g/mol. The normalized spacial score (nSPS) is 14.2. The second-order valence-electron chi connectivity index (χ2n) is 5.50. The molecular formula is C18H13FN2O5S. The van der Waals surface area contributed by atoms with Gasteiger partial charge >= 0.3 is 0 Å². The molecule has 1 aliphatic rings. The maximum Gasteiger partial charge on any atom is 0.272 e. The van der Waals surface area contributed by atoms with Crippen molar-refractivity contribution in [3.8, 4) is 0 Å². The Bertz CT molecular complexity index is 941. The van der Waals surface area contributed by atoms with Crippen LogP contribution in [0, 0.1) is 15.9 Å². The van der Waals surface area contributed by atoms with Crippen molar-refractivity contribution in [2.45, 2.75) is 0 Å². The van der Waals surface area contributed by atoms with E-state index >= 15 is 0 Å². The Morgan fingerprint density at radius 3 is 2.22 bits per heavy atom. The van der Waals surface area contributed by atoms with Crippen LogP contribution in [0.1, 0.15) is 5.56 Å². The zero-order valence-corrected chi connectivity index (χ0v) is 14.6. The van der Waals surface area contributed by atoms with Crippen molar-refractivity contribution < 1.29 is 24.0 Å². The number of nitro benzene ring substituents is 1. The predicted octanol–water partition coefficient (Wildman–Crippen LogP) is 2.74. The number of halogens is 1. The standard InChI is InChI=1S/C18H13FN2O5S/c19-12-3-7-13(8-4-12)20-17(23)15(16(18(20)24)27-10-9-22)11-1-5-14(6-2-11)21(25)26/h1-8,22H,9-10H2. The number of aliphatic hydroxyl groups is 1. The van der Waals surface area contributed by atoms with Crippen molar-refractivity contribution in [1.29, 1.82) is 0 Å². The van der Waals surface area contributed by atoms with Crippen molar-refractivity contribution >= 4 is 40.5 Å². The summed E-state index contributed by atoms with van der Waals surface area (Å²) < 4.78 is 13.2. The topological polar surface area (TPSA) is 101 Å². The third kappa shape index (κ3) is 3.60. The highest BCUT2D eigenvalue weighted by atomic mass is 32.2. The summed E-state index contributed by atoms with van der Waals surface area (Å²) in [7, 11) is 0. The molecule has 27 heavy (non-hydrogen) atoms. The average Bonchev–Trinajstić information content (AvgIpc) is 2.91. The van der Waals surface area contributed by atoms with Gasteiger partial charge in [0.15, 0.2) is 0 Å². The second-order valence-corrected chi connectivity index (χ2v) is 6.61. The van der Waals surface area contributed by atoms with E-state index in [4.69, 9.17) is 5.11 Å². The van der Waals surface area contributed by atoms with Crippen molar-refractivity contribution in [2.75, 3.05) is 17.3 Å². The number of hydrogen-bond acceptors (Lipinski definition) is 6. The molecule has 2 aromatic rings. The summed E-state index contributed by atoms with van der Waals surface area (Å²) in [5.41, 5.74) is 0.517. The van der Waals surface area contributed by atoms with Crippen LogP contribution >= 0.6 is 11.8 Å². The van der Waals surface area contributed by atoms with Gasteiger partial charge in [-0.25, -0.2) is 9.29 Å². The van der Waals surface area contributed by atoms with Gasteiger partial charge in [-0.05, 0) is 42.0 Å². The summed E-state index contributed by atoms with van der Waals surface area (Å²) in [6.07, 6.45) is 0. The lowest BCUT2D eigenvalue weighted by atomic mass is 10.1. The van der Waals surface area contributed by atoms with Crippen molar-refractivity contribution in [3.05, 3.63) is 74.9 Å². The van der Waals surface area contributed by atoms with E-state index in [2.05, 4.69) is 0 Å². The number of nitrogens with zero attached hydrogens (tertiary/aromatic N) is 2. The Hall–Kier alpha value is -3.04. The number of aliphatic hydroxyl groups excluding tert-OH is 1. The number of benzene rings is 2. The Morgan fingerprint density at radius 1 is 1.04 bits per heavy atom. The van der Waals surface area contributed by atoms with Gasteiger partial charge in [0.25, 0.3) is 17.5 Å². The summed E-state index contributed by atoms with van der Waals surface area (Å²) in [5.74, 6) is -1.50. The first-order chi connectivity index (χ1) is 12.9. The van der Waals surface area contributed by atoms with Gasteiger partial charge in [-0.3, -0.25) is 19.7 Å². The Balaban J connectivity index is 2.05. The van der Waals surface area contributed by atoms with Crippen molar-refractivity contribution in [1.82, 2.24) is 0 Å². The summed E-state index contributed by atoms with van der Waals surface area (Å²) >= 11 is 1.02. The van der Waals surface area contributed by atoms with E-state index in [0.29, 0.717) is 5.56 Å². The fourth-order valence-corrected chi connectivity index (χ4v) is 3.48. The zero-order chi connectivity index (χ0) is 19.6. The molecule has 1 aliphatic heterocycles. The Kier molecular flexibility index (Phi) is 5.33. The summed E-state index contributed by atoms with van der Waals surface area (Å²) in [5, 5.41) is 19.9. The first-order valence-electron chi connectivity index (χ1n) is 7.81. The maximum atomic E-state index is 13.2. The molecule has 138 valence electrons. The minimum atomic E-state index is -0.610. The summed E-state index contributed by atoms with van der Waals surface area (Å²) in [6.45, 7) is -0.195. The lowest BCUT2D eigenvalue weighted by Gasteiger charge is -2.15. The van der Waals surface area contributed by atoms with Crippen LogP contribution in [0.4, 0.5) is 15.8 Å². The van der Waals surface area contributed by atoms with Gasteiger partial charge in [0, 0.05) is 17.9 Å². The third-order valence-electron chi connectivity index (χ3n) is 3.83. The zero-order valence-electron chi connectivity index (χ0n) is 13.8. The van der Waals surface area contributed by atoms with E-state index in [1.165, 1.54) is 36.4 Å². The fourth-order valence-electron chi connectivity index (χ4n) is 2.62. The van der Waals surface area contributed by atoms with E-state index in [0.717, 1.165) is 28.8 Å². The highest BCUT2D eigenvalue weighted by Gasteiger charge is 2.40. The van der Waals surface area contributed by atoms with Gasteiger partial charge in [-0.15, -0.1) is 11.8 Å². The van der Waals surface area contributed by atoms with Gasteiger partial charge in [-0.2, -0.15) is 0 Å². The molecule has 0 fully saturated rings. The van der Waals surface area contributed by atoms with Gasteiger partial charge < -0.3 is 5.11 Å². The molecule has 9 heteroatoms. The minimum absolute atomic E-state index is 0.0951. The molecule has 0 bridgehead atoms. The molecule has 1 heterocycles. The van der Waals surface area contributed by atoms with E-state index in [9.17, 15) is 24.1 Å². The maximum absolute atomic E-state index is 13.2. The molecule has 0 aromatic heterocycles. The van der Waals surface area contributed by atoms with Gasteiger partial charge in [0.05, 0.1) is 27.7 Å². The van der Waals surface area contributed by atoms with Crippen molar-refractivity contribution in [2.24, 2.45) is 0 Å². The molecule has 1 N–H and O–H groups in total. The van der Waals surface area contributed by atoms with Crippen LogP contribution in [-0.4, -0.2) is 34.2 Å². The number of rotatable bonds is 6. The Morgan fingerprint density at radius 2 is 1.67 bits per heavy atom. The molecule has 2 amide bonds. The molecule has 0 atom stereocenters. The van der Waals surface area contributed by atoms with Crippen LogP contribution in [0.5, 0.6) is 0 Å². The number of carbonyl (C=O) groups excluding carboxylic acids is 2. The highest BCUT2D eigenvalue weighted by Crippen LogP contribution is 2.38. The number of hydrogen-bond donors (Lipinski definition) is 1. The molecule has 0 aliphatic carbocycles. The third-order valence-corrected chi connectivity index (χ3v) is 4.88. The van der Waals surface area contributed by atoms with Gasteiger partial charge in [0.1, 0.15) is 5.82 Å². The van der Waals surface area contributed by atoms with Crippen LogP contribution in [0.2, 0.25) is 0 Å². The molecule has 2 aromatic carbocycles. The number of non-ortho nitro benzene ring substituents is 1. The number of anilines is 1. The molecule has 7 nitrogen and oxygen atoms in total. The van der Waals surface area contributed by atoms with E-state index in [-0.39, 0.29) is 34.2 Å². The van der Waals surface area contributed by atoms with Crippen LogP contribution < -0.4 is 4.90 Å². The van der Waals surface area contributed by atoms with E-state index in [1.54, 1.807) is 0 Å².